The van der Waals surface area contributed by atoms with Gasteiger partial charge in [0.25, 0.3) is 0 Å². The second kappa shape index (κ2) is 5.06. The van der Waals surface area contributed by atoms with Gasteiger partial charge in [0.1, 0.15) is 0 Å². The van der Waals surface area contributed by atoms with E-state index in [-0.39, 0.29) is 0 Å². The summed E-state index contributed by atoms with van der Waals surface area (Å²) in [5.74, 6) is 0. The molecule has 2 nitrogen and oxygen atoms in total. The molecule has 0 atom stereocenters. The molecule has 0 bridgehead atoms. The summed E-state index contributed by atoms with van der Waals surface area (Å²) in [6, 6.07) is 7.75. The minimum Gasteiger partial charge on any atom is -0.399 e. The minimum absolute atomic E-state index is 0.824. The smallest absolute Gasteiger partial charge is 0.0462 e. The van der Waals surface area contributed by atoms with Crippen LogP contribution in [0.4, 0.5) is 5.69 Å². The van der Waals surface area contributed by atoms with Gasteiger partial charge in [-0.05, 0) is 46.9 Å². The third-order valence-corrected chi connectivity index (χ3v) is 1.59. The van der Waals surface area contributed by atoms with Crippen LogP contribution in [0.1, 0.15) is 0 Å². The van der Waals surface area contributed by atoms with Gasteiger partial charge < -0.3 is 5.73 Å². The van der Waals surface area contributed by atoms with Crippen molar-refractivity contribution in [2.24, 2.45) is 0 Å². The van der Waals surface area contributed by atoms with E-state index in [0.29, 0.717) is 0 Å². The zero-order chi connectivity index (χ0) is 7.98. The monoisotopic (exact) mass is 246 g/mol. The standard InChI is InChI=1S/C6H6IN.CHN/c7-5-1-3-6(8)4-2-5;1-2/h1-4H,8H2;1H. The largest absolute Gasteiger partial charge is 0.399 e. The number of anilines is 1. The minimum atomic E-state index is 0.824. The Balaban J connectivity index is 0.000000371. The van der Waals surface area contributed by atoms with E-state index in [4.69, 9.17) is 11.0 Å². The van der Waals surface area contributed by atoms with E-state index < -0.39 is 0 Å². The Kier molecular flexibility index (Phi) is 4.67. The Bertz CT molecular complexity index is 182. The summed E-state index contributed by atoms with van der Waals surface area (Å²) < 4.78 is 1.22. The summed E-state index contributed by atoms with van der Waals surface area (Å²) in [5, 5.41) is 6.50. The number of nitrogens with zero attached hydrogens (tertiary/aromatic N) is 1. The number of halogens is 1. The van der Waals surface area contributed by atoms with Crippen molar-refractivity contribution in [3.05, 3.63) is 27.8 Å². The van der Waals surface area contributed by atoms with E-state index in [1.807, 2.05) is 24.3 Å². The lowest BCUT2D eigenvalue weighted by Crippen LogP contribution is -1.81. The van der Waals surface area contributed by atoms with E-state index >= 15 is 0 Å². The summed E-state index contributed by atoms with van der Waals surface area (Å²) in [5.41, 5.74) is 6.25. The first kappa shape index (κ1) is 9.24. The molecule has 52 valence electrons. The Morgan fingerprint density at radius 2 is 1.60 bits per heavy atom. The molecule has 0 amide bonds. The van der Waals surface area contributed by atoms with Crippen LogP contribution in [0.15, 0.2) is 24.3 Å². The lowest BCUT2D eigenvalue weighted by molar-refractivity contribution is 1.58. The van der Waals surface area contributed by atoms with Crippen LogP contribution in [0.5, 0.6) is 0 Å². The molecule has 1 aromatic carbocycles. The molecule has 0 aliphatic carbocycles. The molecule has 0 aromatic heterocycles. The first-order chi connectivity index (χ1) is 4.79. The number of nitriles is 1. The van der Waals surface area contributed by atoms with Gasteiger partial charge in [-0.3, -0.25) is 0 Å². The maximum absolute atomic E-state index is 6.50. The molecule has 0 saturated heterocycles. The molecule has 1 rings (SSSR count). The third kappa shape index (κ3) is 3.30. The average Bonchev–Trinajstić information content (AvgIpc) is 2.00. The highest BCUT2D eigenvalue weighted by molar-refractivity contribution is 14.1. The van der Waals surface area contributed by atoms with Crippen molar-refractivity contribution in [3.8, 4) is 6.57 Å². The summed E-state index contributed by atoms with van der Waals surface area (Å²) in [6.45, 7) is 3.50. The molecule has 0 fully saturated rings. The molecule has 0 unspecified atom stereocenters. The Morgan fingerprint density at radius 1 is 1.20 bits per heavy atom. The van der Waals surface area contributed by atoms with Gasteiger partial charge in [-0.15, -0.1) is 0 Å². The number of rotatable bonds is 0. The topological polar surface area (TPSA) is 49.8 Å². The lowest BCUT2D eigenvalue weighted by atomic mass is 10.3. The number of benzene rings is 1. The van der Waals surface area contributed by atoms with Gasteiger partial charge in [0.2, 0.25) is 0 Å². The highest BCUT2D eigenvalue weighted by Crippen LogP contribution is 2.06. The molecule has 0 aliphatic heterocycles. The zero-order valence-electron chi connectivity index (χ0n) is 5.29. The molecule has 0 radical (unpaired) electrons. The number of nitrogens with two attached hydrogens (primary N) is 1. The van der Waals surface area contributed by atoms with Crippen molar-refractivity contribution in [1.29, 1.82) is 5.26 Å². The van der Waals surface area contributed by atoms with Gasteiger partial charge in [0.15, 0.2) is 0 Å². The van der Waals surface area contributed by atoms with Gasteiger partial charge in [-0.25, -0.2) is 5.26 Å². The fraction of sp³-hybridized carbons (Fsp3) is 0. The maximum atomic E-state index is 6.50. The zero-order valence-corrected chi connectivity index (χ0v) is 7.45. The SMILES string of the molecule is C#N.Nc1ccc(I)cc1. The molecule has 0 aliphatic rings. The summed E-state index contributed by atoms with van der Waals surface area (Å²) in [6.07, 6.45) is 0. The lowest BCUT2D eigenvalue weighted by Gasteiger charge is -1.89. The highest BCUT2D eigenvalue weighted by Gasteiger charge is 1.81. The fourth-order valence-electron chi connectivity index (χ4n) is 0.463. The van der Waals surface area contributed by atoms with E-state index in [1.165, 1.54) is 3.57 Å². The summed E-state index contributed by atoms with van der Waals surface area (Å²) in [7, 11) is 0. The summed E-state index contributed by atoms with van der Waals surface area (Å²) in [4.78, 5) is 0. The Hall–Kier alpha value is -0.760. The molecule has 0 saturated carbocycles. The van der Waals surface area contributed by atoms with Crippen molar-refractivity contribution in [1.82, 2.24) is 0 Å². The average molecular weight is 246 g/mol. The third-order valence-electron chi connectivity index (χ3n) is 0.870. The number of hydrogen-bond acceptors (Lipinski definition) is 2. The highest BCUT2D eigenvalue weighted by atomic mass is 127. The molecule has 1 aromatic rings. The van der Waals surface area contributed by atoms with Gasteiger partial charge in [0.05, 0.1) is 0 Å². The van der Waals surface area contributed by atoms with Crippen LogP contribution in [0.2, 0.25) is 0 Å². The van der Waals surface area contributed by atoms with Crippen molar-refractivity contribution >= 4 is 28.3 Å². The fourth-order valence-corrected chi connectivity index (χ4v) is 0.822. The molecule has 0 heterocycles. The van der Waals surface area contributed by atoms with Crippen LogP contribution in [-0.4, -0.2) is 0 Å². The van der Waals surface area contributed by atoms with Crippen LogP contribution in [0.3, 0.4) is 0 Å². The van der Waals surface area contributed by atoms with E-state index in [9.17, 15) is 0 Å². The number of nitrogen functional groups attached to an aromatic ring is 1. The van der Waals surface area contributed by atoms with Crippen molar-refractivity contribution < 1.29 is 0 Å². The quantitative estimate of drug-likeness (QED) is 0.562. The number of hydrogen-bond donors (Lipinski definition) is 1. The van der Waals surface area contributed by atoms with E-state index in [0.717, 1.165) is 5.69 Å². The van der Waals surface area contributed by atoms with Gasteiger partial charge in [0, 0.05) is 15.8 Å². The van der Waals surface area contributed by atoms with Crippen LogP contribution in [-0.2, 0) is 0 Å². The maximum Gasteiger partial charge on any atom is 0.0462 e. The van der Waals surface area contributed by atoms with Crippen molar-refractivity contribution in [2.75, 3.05) is 5.73 Å². The predicted molar refractivity (Wildman–Crippen MR) is 50.2 cm³/mol. The van der Waals surface area contributed by atoms with Crippen molar-refractivity contribution in [2.45, 2.75) is 0 Å². The van der Waals surface area contributed by atoms with Gasteiger partial charge in [-0.1, -0.05) is 0 Å². The first-order valence-electron chi connectivity index (χ1n) is 2.56. The van der Waals surface area contributed by atoms with Gasteiger partial charge >= 0.3 is 0 Å². The van der Waals surface area contributed by atoms with E-state index in [2.05, 4.69) is 29.2 Å². The van der Waals surface area contributed by atoms with E-state index in [1.54, 1.807) is 0 Å². The first-order valence-corrected chi connectivity index (χ1v) is 3.64. The Morgan fingerprint density at radius 3 is 1.90 bits per heavy atom. The van der Waals surface area contributed by atoms with Crippen molar-refractivity contribution in [3.63, 3.8) is 0 Å². The van der Waals surface area contributed by atoms with Crippen LogP contribution in [0, 0.1) is 15.4 Å². The predicted octanol–water partition coefficient (Wildman–Crippen LogP) is 2.01. The summed E-state index contributed by atoms with van der Waals surface area (Å²) >= 11 is 2.24. The second-order valence-corrected chi connectivity index (χ2v) is 2.80. The second-order valence-electron chi connectivity index (χ2n) is 1.55. The van der Waals surface area contributed by atoms with Crippen LogP contribution < -0.4 is 5.73 Å². The molecular formula is C7H7IN2. The Labute approximate surface area is 73.8 Å². The molecule has 10 heavy (non-hydrogen) atoms. The van der Waals surface area contributed by atoms with Crippen LogP contribution in [0.25, 0.3) is 0 Å². The molecule has 0 spiro atoms. The molecular weight excluding hydrogens is 239 g/mol. The normalized spacial score (nSPS) is 7.50. The molecule has 2 N–H and O–H groups in total. The van der Waals surface area contributed by atoms with Gasteiger partial charge in [-0.2, -0.15) is 0 Å². The van der Waals surface area contributed by atoms with Crippen LogP contribution >= 0.6 is 22.6 Å². The molecule has 3 heteroatoms.